The zero-order valence-corrected chi connectivity index (χ0v) is 14.7. The second kappa shape index (κ2) is 8.31. The van der Waals surface area contributed by atoms with Gasteiger partial charge in [0.2, 0.25) is 5.91 Å². The van der Waals surface area contributed by atoms with E-state index in [2.05, 4.69) is 10.6 Å². The molecule has 1 amide bonds. The number of nitrogens with one attached hydrogen (secondary N) is 2. The molecule has 2 aromatic carbocycles. The fraction of sp³-hybridized carbons (Fsp3) is 0. The summed E-state index contributed by atoms with van der Waals surface area (Å²) >= 11 is 23.0. The lowest BCUT2D eigenvalue weighted by molar-refractivity contribution is -0.115. The maximum atomic E-state index is 11.9. The maximum absolute atomic E-state index is 11.9. The lowest BCUT2D eigenvalue weighted by Gasteiger charge is -2.10. The van der Waals surface area contributed by atoms with Gasteiger partial charge < -0.3 is 5.32 Å². The van der Waals surface area contributed by atoms with Crippen molar-refractivity contribution in [2.45, 2.75) is 0 Å². The number of halogens is 3. The molecule has 0 heterocycles. The second-order valence-electron chi connectivity index (χ2n) is 4.42. The van der Waals surface area contributed by atoms with Crippen molar-refractivity contribution in [3.05, 3.63) is 69.2 Å². The van der Waals surface area contributed by atoms with Crippen LogP contribution in [0.1, 0.15) is 5.56 Å². The molecule has 0 bridgehead atoms. The van der Waals surface area contributed by atoms with Crippen LogP contribution in [0.5, 0.6) is 0 Å². The molecule has 2 N–H and O–H groups in total. The van der Waals surface area contributed by atoms with Crippen molar-refractivity contribution in [1.29, 1.82) is 0 Å². The highest BCUT2D eigenvalue weighted by Gasteiger charge is 2.06. The molecular weight excluding hydrogens is 375 g/mol. The summed E-state index contributed by atoms with van der Waals surface area (Å²) in [7, 11) is 0. The highest BCUT2D eigenvalue weighted by Crippen LogP contribution is 2.25. The summed E-state index contributed by atoms with van der Waals surface area (Å²) in [4.78, 5) is 11.9. The molecular formula is C16H11Cl3N2OS. The van der Waals surface area contributed by atoms with Gasteiger partial charge in [0, 0.05) is 16.1 Å². The first-order valence-electron chi connectivity index (χ1n) is 6.45. The van der Waals surface area contributed by atoms with E-state index >= 15 is 0 Å². The van der Waals surface area contributed by atoms with Gasteiger partial charge in [-0.2, -0.15) is 0 Å². The van der Waals surface area contributed by atoms with Crippen LogP contribution < -0.4 is 10.6 Å². The Morgan fingerprint density at radius 2 is 1.78 bits per heavy atom. The summed E-state index contributed by atoms with van der Waals surface area (Å²) in [5.41, 5.74) is 1.25. The zero-order valence-electron chi connectivity index (χ0n) is 11.6. The Labute approximate surface area is 154 Å². The van der Waals surface area contributed by atoms with Gasteiger partial charge in [-0.1, -0.05) is 53.0 Å². The van der Waals surface area contributed by atoms with Gasteiger partial charge in [0.15, 0.2) is 5.11 Å². The molecule has 0 radical (unpaired) electrons. The van der Waals surface area contributed by atoms with Crippen molar-refractivity contribution in [3.63, 3.8) is 0 Å². The van der Waals surface area contributed by atoms with Gasteiger partial charge in [-0.05, 0) is 48.1 Å². The molecule has 0 spiro atoms. The monoisotopic (exact) mass is 384 g/mol. The summed E-state index contributed by atoms with van der Waals surface area (Å²) in [6.45, 7) is 0. The van der Waals surface area contributed by atoms with Crippen molar-refractivity contribution < 1.29 is 4.79 Å². The van der Waals surface area contributed by atoms with Crippen LogP contribution in [-0.2, 0) is 4.79 Å². The SMILES string of the molecule is O=C(C=Cc1ccccc1Cl)NC(=S)Nc1cc(Cl)ccc1Cl. The molecule has 0 aliphatic rings. The molecule has 0 unspecified atom stereocenters. The van der Waals surface area contributed by atoms with Crippen LogP contribution in [0.3, 0.4) is 0 Å². The Hall–Kier alpha value is -1.59. The molecule has 7 heteroatoms. The molecule has 0 fully saturated rings. The number of rotatable bonds is 3. The third-order valence-corrected chi connectivity index (χ3v) is 3.85. The van der Waals surface area contributed by atoms with Crippen molar-refractivity contribution in [1.82, 2.24) is 5.32 Å². The normalized spacial score (nSPS) is 10.6. The minimum absolute atomic E-state index is 0.114. The Morgan fingerprint density at radius 1 is 1.04 bits per heavy atom. The number of hydrogen-bond donors (Lipinski definition) is 2. The average Bonchev–Trinajstić information content (AvgIpc) is 2.50. The molecule has 2 aromatic rings. The van der Waals surface area contributed by atoms with Crippen molar-refractivity contribution in [2.75, 3.05) is 5.32 Å². The van der Waals surface area contributed by atoms with Crippen molar-refractivity contribution >= 4 is 69.8 Å². The summed E-state index contributed by atoms with van der Waals surface area (Å²) in [5.74, 6) is -0.388. The Morgan fingerprint density at radius 3 is 2.52 bits per heavy atom. The van der Waals surface area contributed by atoms with Gasteiger partial charge in [0.05, 0.1) is 10.7 Å². The van der Waals surface area contributed by atoms with Crippen molar-refractivity contribution in [2.24, 2.45) is 0 Å². The van der Waals surface area contributed by atoms with E-state index < -0.39 is 0 Å². The van der Waals surface area contributed by atoms with Gasteiger partial charge in [0.25, 0.3) is 0 Å². The highest BCUT2D eigenvalue weighted by molar-refractivity contribution is 7.80. The molecule has 0 saturated carbocycles. The lowest BCUT2D eigenvalue weighted by atomic mass is 10.2. The van der Waals surface area contributed by atoms with E-state index in [-0.39, 0.29) is 11.0 Å². The topological polar surface area (TPSA) is 41.1 Å². The van der Waals surface area contributed by atoms with Gasteiger partial charge in [-0.25, -0.2) is 0 Å². The number of anilines is 1. The van der Waals surface area contributed by atoms with E-state index in [1.54, 1.807) is 36.4 Å². The Bertz CT molecular complexity index is 778. The molecule has 2 rings (SSSR count). The van der Waals surface area contributed by atoms with E-state index in [1.807, 2.05) is 12.1 Å². The number of thiocarbonyl (C=S) groups is 1. The largest absolute Gasteiger partial charge is 0.331 e. The van der Waals surface area contributed by atoms with E-state index in [0.29, 0.717) is 20.8 Å². The Balaban J connectivity index is 1.96. The van der Waals surface area contributed by atoms with Gasteiger partial charge in [-0.3, -0.25) is 10.1 Å². The van der Waals surface area contributed by atoms with E-state index in [1.165, 1.54) is 6.08 Å². The third kappa shape index (κ3) is 5.52. The van der Waals surface area contributed by atoms with Crippen LogP contribution >= 0.6 is 47.0 Å². The molecule has 3 nitrogen and oxygen atoms in total. The predicted octanol–water partition coefficient (Wildman–Crippen LogP) is 5.17. The van der Waals surface area contributed by atoms with Gasteiger partial charge >= 0.3 is 0 Å². The second-order valence-corrected chi connectivity index (χ2v) is 6.08. The minimum Gasteiger partial charge on any atom is -0.331 e. The molecule has 0 aromatic heterocycles. The fourth-order valence-electron chi connectivity index (χ4n) is 1.68. The van der Waals surface area contributed by atoms with E-state index in [4.69, 9.17) is 47.0 Å². The summed E-state index contributed by atoms with van der Waals surface area (Å²) in [5, 5.41) is 6.95. The number of carbonyl (C=O) groups is 1. The predicted molar refractivity (Wildman–Crippen MR) is 101 cm³/mol. The average molecular weight is 386 g/mol. The minimum atomic E-state index is -0.388. The van der Waals surface area contributed by atoms with Gasteiger partial charge in [0.1, 0.15) is 0 Å². The Kier molecular flexibility index (Phi) is 6.42. The zero-order chi connectivity index (χ0) is 16.8. The van der Waals surface area contributed by atoms with Crippen molar-refractivity contribution in [3.8, 4) is 0 Å². The van der Waals surface area contributed by atoms with Gasteiger partial charge in [-0.15, -0.1) is 0 Å². The summed E-state index contributed by atoms with van der Waals surface area (Å²) in [6, 6.07) is 12.1. The van der Waals surface area contributed by atoms with Crippen LogP contribution in [0.25, 0.3) is 6.08 Å². The van der Waals surface area contributed by atoms with Crippen LogP contribution in [0.4, 0.5) is 5.69 Å². The smallest absolute Gasteiger partial charge is 0.250 e. The molecule has 118 valence electrons. The highest BCUT2D eigenvalue weighted by atomic mass is 35.5. The summed E-state index contributed by atoms with van der Waals surface area (Å²) in [6.07, 6.45) is 2.95. The number of benzene rings is 2. The van der Waals surface area contributed by atoms with Crippen LogP contribution in [0.2, 0.25) is 15.1 Å². The third-order valence-electron chi connectivity index (χ3n) is 2.73. The number of carbonyl (C=O) groups excluding carboxylic acids is 1. The van der Waals surface area contributed by atoms with Crippen LogP contribution in [-0.4, -0.2) is 11.0 Å². The first kappa shape index (κ1) is 17.8. The quantitative estimate of drug-likeness (QED) is 0.565. The first-order chi connectivity index (χ1) is 11.0. The fourth-order valence-corrected chi connectivity index (χ4v) is 2.42. The number of amides is 1. The van der Waals surface area contributed by atoms with Crippen LogP contribution in [0.15, 0.2) is 48.5 Å². The molecule has 0 aliphatic heterocycles. The molecule has 23 heavy (non-hydrogen) atoms. The number of hydrogen-bond acceptors (Lipinski definition) is 2. The summed E-state index contributed by atoms with van der Waals surface area (Å²) < 4.78 is 0. The van der Waals surface area contributed by atoms with Crippen LogP contribution in [0, 0.1) is 0 Å². The van der Waals surface area contributed by atoms with E-state index in [0.717, 1.165) is 5.56 Å². The maximum Gasteiger partial charge on any atom is 0.250 e. The molecule has 0 atom stereocenters. The first-order valence-corrected chi connectivity index (χ1v) is 7.99. The molecule has 0 saturated heterocycles. The lowest BCUT2D eigenvalue weighted by Crippen LogP contribution is -2.32. The molecule has 0 aliphatic carbocycles. The van der Waals surface area contributed by atoms with E-state index in [9.17, 15) is 4.79 Å². The standard InChI is InChI=1S/C16H11Cl3N2OS/c17-11-6-7-13(19)14(9-11)20-16(23)21-15(22)8-5-10-3-1-2-4-12(10)18/h1-9H,(H2,20,21,22,23).